The molecule has 3 N–H and O–H groups in total. The molecule has 0 fully saturated rings. The second kappa shape index (κ2) is 6.93. The molecular weight excluding hydrogens is 230 g/mol. The summed E-state index contributed by atoms with van der Waals surface area (Å²) in [7, 11) is 0. The van der Waals surface area contributed by atoms with Gasteiger partial charge in [0.1, 0.15) is 18.2 Å². The van der Waals surface area contributed by atoms with Gasteiger partial charge in [-0.1, -0.05) is 6.07 Å². The summed E-state index contributed by atoms with van der Waals surface area (Å²) >= 11 is 0. The molecule has 0 aliphatic carbocycles. The van der Waals surface area contributed by atoms with E-state index in [0.717, 1.165) is 6.07 Å². The van der Waals surface area contributed by atoms with Crippen molar-refractivity contribution in [3.05, 3.63) is 35.4 Å². The van der Waals surface area contributed by atoms with E-state index < -0.39 is 17.5 Å². The Morgan fingerprint density at radius 3 is 2.82 bits per heavy atom. The average molecular weight is 244 g/mol. The van der Waals surface area contributed by atoms with Gasteiger partial charge >= 0.3 is 0 Å². The molecule has 0 spiro atoms. The minimum absolute atomic E-state index is 0.132. The zero-order valence-corrected chi connectivity index (χ0v) is 9.21. The van der Waals surface area contributed by atoms with Crippen molar-refractivity contribution in [2.75, 3.05) is 19.8 Å². The molecular formula is C11H14F2N2O2. The number of carbonyl (C=O) groups is 1. The number of nitrogens with one attached hydrogen (secondary N) is 1. The highest BCUT2D eigenvalue weighted by atomic mass is 19.1. The summed E-state index contributed by atoms with van der Waals surface area (Å²) in [6.07, 6.45) is 0. The van der Waals surface area contributed by atoms with Crippen LogP contribution in [0.3, 0.4) is 0 Å². The van der Waals surface area contributed by atoms with Crippen molar-refractivity contribution in [3.8, 4) is 0 Å². The van der Waals surface area contributed by atoms with Crippen LogP contribution in [-0.4, -0.2) is 25.7 Å². The lowest BCUT2D eigenvalue weighted by Gasteiger charge is -2.06. The summed E-state index contributed by atoms with van der Waals surface area (Å²) in [6, 6.07) is 3.41. The van der Waals surface area contributed by atoms with Crippen molar-refractivity contribution < 1.29 is 18.3 Å². The molecule has 0 aromatic heterocycles. The number of amides is 1. The molecule has 0 radical (unpaired) electrons. The van der Waals surface area contributed by atoms with Gasteiger partial charge in [-0.05, 0) is 6.07 Å². The van der Waals surface area contributed by atoms with Crippen LogP contribution in [0.25, 0.3) is 0 Å². The monoisotopic (exact) mass is 244 g/mol. The largest absolute Gasteiger partial charge is 0.370 e. The number of ether oxygens (including phenoxy) is 1. The number of rotatable bonds is 7. The van der Waals surface area contributed by atoms with Crippen LogP contribution in [0, 0.1) is 11.6 Å². The Hall–Kier alpha value is -1.53. The van der Waals surface area contributed by atoms with Crippen LogP contribution in [0.4, 0.5) is 8.78 Å². The van der Waals surface area contributed by atoms with Crippen LogP contribution in [0.15, 0.2) is 18.2 Å². The summed E-state index contributed by atoms with van der Waals surface area (Å²) in [5.41, 5.74) is 5.24. The van der Waals surface area contributed by atoms with Crippen LogP contribution in [0.1, 0.15) is 5.56 Å². The third-order valence-electron chi connectivity index (χ3n) is 2.00. The molecule has 1 aromatic carbocycles. The maximum absolute atomic E-state index is 13.2. The van der Waals surface area contributed by atoms with Crippen molar-refractivity contribution in [1.29, 1.82) is 0 Å². The van der Waals surface area contributed by atoms with E-state index in [1.807, 2.05) is 0 Å². The van der Waals surface area contributed by atoms with Gasteiger partial charge < -0.3 is 15.8 Å². The van der Waals surface area contributed by atoms with Gasteiger partial charge in [-0.15, -0.1) is 0 Å². The molecule has 0 aliphatic heterocycles. The highest BCUT2D eigenvalue weighted by Crippen LogP contribution is 2.08. The minimum Gasteiger partial charge on any atom is -0.370 e. The summed E-state index contributed by atoms with van der Waals surface area (Å²) in [5, 5.41) is 2.90. The third-order valence-corrected chi connectivity index (χ3v) is 2.00. The van der Waals surface area contributed by atoms with E-state index >= 15 is 0 Å². The number of nitrogens with two attached hydrogens (primary N) is 1. The molecule has 0 heterocycles. The molecule has 1 aromatic rings. The van der Waals surface area contributed by atoms with Crippen molar-refractivity contribution in [2.24, 2.45) is 5.73 Å². The molecule has 0 atom stereocenters. The summed E-state index contributed by atoms with van der Waals surface area (Å²) in [6.45, 7) is 0.883. The van der Waals surface area contributed by atoms with E-state index in [0.29, 0.717) is 18.7 Å². The lowest BCUT2D eigenvalue weighted by Crippen LogP contribution is -2.24. The molecule has 0 aliphatic rings. The van der Waals surface area contributed by atoms with E-state index in [-0.39, 0.29) is 13.2 Å². The fourth-order valence-electron chi connectivity index (χ4n) is 1.21. The lowest BCUT2D eigenvalue weighted by atomic mass is 10.2. The third kappa shape index (κ3) is 5.37. The van der Waals surface area contributed by atoms with Gasteiger partial charge in [-0.3, -0.25) is 4.79 Å². The van der Waals surface area contributed by atoms with Crippen LogP contribution < -0.4 is 11.1 Å². The number of halogens is 2. The average Bonchev–Trinajstić information content (AvgIpc) is 2.25. The first-order valence-electron chi connectivity index (χ1n) is 5.10. The molecule has 0 unspecified atom stereocenters. The van der Waals surface area contributed by atoms with E-state index in [2.05, 4.69) is 5.32 Å². The molecule has 4 nitrogen and oxygen atoms in total. The Kier molecular flexibility index (Phi) is 5.51. The van der Waals surface area contributed by atoms with Gasteiger partial charge in [0, 0.05) is 24.7 Å². The molecule has 17 heavy (non-hydrogen) atoms. The van der Waals surface area contributed by atoms with Gasteiger partial charge in [-0.25, -0.2) is 8.78 Å². The zero-order chi connectivity index (χ0) is 12.7. The Morgan fingerprint density at radius 2 is 2.18 bits per heavy atom. The minimum atomic E-state index is -0.601. The molecule has 94 valence electrons. The van der Waals surface area contributed by atoms with E-state index in [1.54, 1.807) is 0 Å². The number of hydrogen-bond donors (Lipinski definition) is 2. The molecule has 0 saturated carbocycles. The Balaban J connectivity index is 2.20. The topological polar surface area (TPSA) is 64.4 Å². The zero-order valence-electron chi connectivity index (χ0n) is 9.21. The quantitative estimate of drug-likeness (QED) is 0.689. The molecule has 1 rings (SSSR count). The van der Waals surface area contributed by atoms with E-state index in [4.69, 9.17) is 10.5 Å². The SMILES string of the molecule is NC(=O)COCCNCc1ccc(F)cc1F. The van der Waals surface area contributed by atoms with Gasteiger partial charge in [0.05, 0.1) is 6.61 Å². The smallest absolute Gasteiger partial charge is 0.243 e. The first kappa shape index (κ1) is 13.5. The Labute approximate surface area is 97.8 Å². The van der Waals surface area contributed by atoms with E-state index in [1.165, 1.54) is 12.1 Å². The summed E-state index contributed by atoms with van der Waals surface area (Å²) in [4.78, 5) is 10.3. The normalized spacial score (nSPS) is 10.5. The first-order valence-corrected chi connectivity index (χ1v) is 5.10. The molecule has 0 saturated heterocycles. The van der Waals surface area contributed by atoms with Gasteiger partial charge in [-0.2, -0.15) is 0 Å². The maximum Gasteiger partial charge on any atom is 0.243 e. The van der Waals surface area contributed by atoms with Crippen molar-refractivity contribution in [1.82, 2.24) is 5.32 Å². The highest BCUT2D eigenvalue weighted by molar-refractivity contribution is 5.74. The lowest BCUT2D eigenvalue weighted by molar-refractivity contribution is -0.122. The highest BCUT2D eigenvalue weighted by Gasteiger charge is 2.02. The van der Waals surface area contributed by atoms with Gasteiger partial charge in [0.25, 0.3) is 0 Å². The molecule has 6 heteroatoms. The van der Waals surface area contributed by atoms with Gasteiger partial charge in [0.15, 0.2) is 0 Å². The Morgan fingerprint density at radius 1 is 1.41 bits per heavy atom. The fourth-order valence-corrected chi connectivity index (χ4v) is 1.21. The van der Waals surface area contributed by atoms with Crippen LogP contribution in [-0.2, 0) is 16.1 Å². The predicted octanol–water partition coefficient (Wildman–Crippen LogP) is 0.556. The van der Waals surface area contributed by atoms with Crippen molar-refractivity contribution in [2.45, 2.75) is 6.54 Å². The van der Waals surface area contributed by atoms with E-state index in [9.17, 15) is 13.6 Å². The standard InChI is InChI=1S/C11H14F2N2O2/c12-9-2-1-8(10(13)5-9)6-15-3-4-17-7-11(14)16/h1-2,5,15H,3-4,6-7H2,(H2,14,16). The summed E-state index contributed by atoms with van der Waals surface area (Å²) < 4.78 is 30.6. The second-order valence-electron chi connectivity index (χ2n) is 3.43. The summed E-state index contributed by atoms with van der Waals surface area (Å²) in [5.74, 6) is -1.72. The van der Waals surface area contributed by atoms with Gasteiger partial charge in [0.2, 0.25) is 5.91 Å². The fraction of sp³-hybridized carbons (Fsp3) is 0.364. The van der Waals surface area contributed by atoms with Crippen LogP contribution >= 0.6 is 0 Å². The maximum atomic E-state index is 13.2. The van der Waals surface area contributed by atoms with Crippen molar-refractivity contribution >= 4 is 5.91 Å². The van der Waals surface area contributed by atoms with Crippen LogP contribution in [0.2, 0.25) is 0 Å². The number of hydrogen-bond acceptors (Lipinski definition) is 3. The number of benzene rings is 1. The van der Waals surface area contributed by atoms with Crippen molar-refractivity contribution in [3.63, 3.8) is 0 Å². The first-order chi connectivity index (χ1) is 8.09. The predicted molar refractivity (Wildman–Crippen MR) is 58.1 cm³/mol. The molecule has 1 amide bonds. The number of primary amides is 1. The Bertz CT molecular complexity index is 386. The van der Waals surface area contributed by atoms with Crippen LogP contribution in [0.5, 0.6) is 0 Å². The number of carbonyl (C=O) groups excluding carboxylic acids is 1. The second-order valence-corrected chi connectivity index (χ2v) is 3.43. The molecule has 0 bridgehead atoms.